The fourth-order valence-electron chi connectivity index (χ4n) is 1.94. The summed E-state index contributed by atoms with van der Waals surface area (Å²) in [6, 6.07) is 10.2. The van der Waals surface area contributed by atoms with Crippen LogP contribution in [0.1, 0.15) is 0 Å². The van der Waals surface area contributed by atoms with Crippen LogP contribution >= 0.6 is 15.9 Å². The number of nitrogens with zero attached hydrogens (tertiary/aromatic N) is 1. The second-order valence-corrected chi connectivity index (χ2v) is 5.04. The van der Waals surface area contributed by atoms with Crippen molar-refractivity contribution in [1.29, 1.82) is 0 Å². The highest BCUT2D eigenvalue weighted by molar-refractivity contribution is 9.10. The quantitative estimate of drug-likeness (QED) is 0.770. The highest BCUT2D eigenvalue weighted by Crippen LogP contribution is 2.26. The molecule has 19 heavy (non-hydrogen) atoms. The number of aromatic amines is 1. The number of hydrogen-bond acceptors (Lipinski definition) is 2. The molecule has 5 heteroatoms. The van der Waals surface area contributed by atoms with Crippen LogP contribution in [0.25, 0.3) is 22.4 Å². The zero-order valence-electron chi connectivity index (χ0n) is 10.1. The summed E-state index contributed by atoms with van der Waals surface area (Å²) < 4.78 is 19.2. The standard InChI is InChI=1S/C14H10BrFN2O/c1-19-11-2-3-12-13(7-11)18-14(17-12)8-4-9(15)6-10(16)5-8/h2-7H,1H3,(H,17,18). The van der Waals surface area contributed by atoms with Gasteiger partial charge in [0, 0.05) is 16.1 Å². The number of methoxy groups -OCH3 is 1. The predicted octanol–water partition coefficient (Wildman–Crippen LogP) is 4.14. The largest absolute Gasteiger partial charge is 0.497 e. The molecule has 0 spiro atoms. The first-order chi connectivity index (χ1) is 9.15. The monoisotopic (exact) mass is 320 g/mol. The molecule has 96 valence electrons. The number of nitrogens with one attached hydrogen (secondary N) is 1. The highest BCUT2D eigenvalue weighted by Gasteiger charge is 2.08. The number of rotatable bonds is 2. The van der Waals surface area contributed by atoms with E-state index in [0.717, 1.165) is 16.8 Å². The Morgan fingerprint density at radius 1 is 1.21 bits per heavy atom. The van der Waals surface area contributed by atoms with Crippen LogP contribution in [0.4, 0.5) is 4.39 Å². The van der Waals surface area contributed by atoms with Gasteiger partial charge in [0.1, 0.15) is 17.4 Å². The third kappa shape index (κ3) is 2.33. The van der Waals surface area contributed by atoms with Gasteiger partial charge in [-0.1, -0.05) is 15.9 Å². The van der Waals surface area contributed by atoms with Crippen LogP contribution in [0, 0.1) is 5.82 Å². The average molecular weight is 321 g/mol. The Balaban J connectivity index is 2.14. The molecule has 0 saturated carbocycles. The lowest BCUT2D eigenvalue weighted by Gasteiger charge is -1.98. The van der Waals surface area contributed by atoms with Crippen molar-refractivity contribution < 1.29 is 9.13 Å². The molecule has 3 aromatic rings. The van der Waals surface area contributed by atoms with Crippen molar-refractivity contribution >= 4 is 27.0 Å². The minimum atomic E-state index is -0.303. The van der Waals surface area contributed by atoms with Crippen molar-refractivity contribution in [2.24, 2.45) is 0 Å². The lowest BCUT2D eigenvalue weighted by Crippen LogP contribution is -1.83. The number of halogens is 2. The number of ether oxygens (including phenoxy) is 1. The van der Waals surface area contributed by atoms with E-state index in [1.165, 1.54) is 12.1 Å². The maximum Gasteiger partial charge on any atom is 0.138 e. The Hall–Kier alpha value is -1.88. The normalized spacial score (nSPS) is 10.9. The molecule has 0 fully saturated rings. The van der Waals surface area contributed by atoms with Gasteiger partial charge in [0.05, 0.1) is 18.1 Å². The second kappa shape index (κ2) is 4.66. The van der Waals surface area contributed by atoms with Crippen molar-refractivity contribution in [3.63, 3.8) is 0 Å². The van der Waals surface area contributed by atoms with Gasteiger partial charge in [-0.25, -0.2) is 9.37 Å². The molecule has 1 N–H and O–H groups in total. The van der Waals surface area contributed by atoms with Gasteiger partial charge in [0.2, 0.25) is 0 Å². The summed E-state index contributed by atoms with van der Waals surface area (Å²) in [5, 5.41) is 0. The van der Waals surface area contributed by atoms with Gasteiger partial charge in [0.15, 0.2) is 0 Å². The maximum atomic E-state index is 13.4. The van der Waals surface area contributed by atoms with Gasteiger partial charge < -0.3 is 9.72 Å². The van der Waals surface area contributed by atoms with Gasteiger partial charge in [-0.2, -0.15) is 0 Å². The van der Waals surface area contributed by atoms with E-state index in [4.69, 9.17) is 4.74 Å². The summed E-state index contributed by atoms with van der Waals surface area (Å²) in [7, 11) is 1.61. The second-order valence-electron chi connectivity index (χ2n) is 4.13. The number of benzene rings is 2. The number of H-pyrrole nitrogens is 1. The van der Waals surface area contributed by atoms with E-state index >= 15 is 0 Å². The first kappa shape index (κ1) is 12.2. The molecular weight excluding hydrogens is 311 g/mol. The lowest BCUT2D eigenvalue weighted by molar-refractivity contribution is 0.415. The molecule has 0 bridgehead atoms. The lowest BCUT2D eigenvalue weighted by atomic mass is 10.2. The number of fused-ring (bicyclic) bond motifs is 1. The van der Waals surface area contributed by atoms with E-state index in [1.54, 1.807) is 7.11 Å². The minimum absolute atomic E-state index is 0.303. The zero-order valence-corrected chi connectivity index (χ0v) is 11.7. The molecule has 0 saturated heterocycles. The smallest absolute Gasteiger partial charge is 0.138 e. The molecule has 2 aromatic carbocycles. The average Bonchev–Trinajstić information content (AvgIpc) is 2.80. The minimum Gasteiger partial charge on any atom is -0.497 e. The van der Waals surface area contributed by atoms with Crippen LogP contribution in [0.15, 0.2) is 40.9 Å². The summed E-state index contributed by atoms with van der Waals surface area (Å²) in [5.74, 6) is 1.08. The van der Waals surface area contributed by atoms with Crippen LogP contribution in [0.3, 0.4) is 0 Å². The van der Waals surface area contributed by atoms with Crippen molar-refractivity contribution in [2.75, 3.05) is 7.11 Å². The van der Waals surface area contributed by atoms with Crippen molar-refractivity contribution in [3.05, 3.63) is 46.7 Å². The Morgan fingerprint density at radius 2 is 2.05 bits per heavy atom. The van der Waals surface area contributed by atoms with E-state index in [0.29, 0.717) is 15.9 Å². The van der Waals surface area contributed by atoms with Crippen molar-refractivity contribution in [3.8, 4) is 17.1 Å². The van der Waals surface area contributed by atoms with Gasteiger partial charge in [-0.15, -0.1) is 0 Å². The third-order valence-electron chi connectivity index (χ3n) is 2.83. The number of imidazole rings is 1. The first-order valence-electron chi connectivity index (χ1n) is 5.66. The van der Waals surface area contributed by atoms with Gasteiger partial charge in [0.25, 0.3) is 0 Å². The van der Waals surface area contributed by atoms with E-state index in [9.17, 15) is 4.39 Å². The van der Waals surface area contributed by atoms with Crippen LogP contribution in [-0.4, -0.2) is 17.1 Å². The molecule has 0 aliphatic heterocycles. The van der Waals surface area contributed by atoms with Crippen LogP contribution in [0.2, 0.25) is 0 Å². The summed E-state index contributed by atoms with van der Waals surface area (Å²) in [4.78, 5) is 7.60. The summed E-state index contributed by atoms with van der Waals surface area (Å²) in [6.07, 6.45) is 0. The fourth-order valence-corrected chi connectivity index (χ4v) is 2.41. The van der Waals surface area contributed by atoms with E-state index < -0.39 is 0 Å². The van der Waals surface area contributed by atoms with Crippen molar-refractivity contribution in [1.82, 2.24) is 9.97 Å². The molecule has 0 radical (unpaired) electrons. The van der Waals surface area contributed by atoms with E-state index in [-0.39, 0.29) is 5.82 Å². The molecule has 0 aliphatic rings. The maximum absolute atomic E-state index is 13.4. The molecular formula is C14H10BrFN2O. The Kier molecular flexibility index (Phi) is 2.98. The Bertz CT molecular complexity index is 734. The molecule has 0 amide bonds. The van der Waals surface area contributed by atoms with Crippen LogP contribution < -0.4 is 4.74 Å². The predicted molar refractivity (Wildman–Crippen MR) is 75.7 cm³/mol. The fraction of sp³-hybridized carbons (Fsp3) is 0.0714. The summed E-state index contributed by atoms with van der Waals surface area (Å²) >= 11 is 3.28. The summed E-state index contributed by atoms with van der Waals surface area (Å²) in [5.41, 5.74) is 2.37. The van der Waals surface area contributed by atoms with Crippen molar-refractivity contribution in [2.45, 2.75) is 0 Å². The number of hydrogen-bond donors (Lipinski definition) is 1. The zero-order chi connectivity index (χ0) is 13.4. The molecule has 0 aliphatic carbocycles. The highest BCUT2D eigenvalue weighted by atomic mass is 79.9. The SMILES string of the molecule is COc1ccc2nc(-c3cc(F)cc(Br)c3)[nH]c2c1. The van der Waals surface area contributed by atoms with Gasteiger partial charge in [-0.05, 0) is 30.3 Å². The van der Waals surface area contributed by atoms with E-state index in [1.807, 2.05) is 24.3 Å². The molecule has 3 nitrogen and oxygen atoms in total. The molecule has 1 heterocycles. The van der Waals surface area contributed by atoms with Crippen LogP contribution in [-0.2, 0) is 0 Å². The Labute approximate surface area is 117 Å². The molecule has 1 aromatic heterocycles. The first-order valence-corrected chi connectivity index (χ1v) is 6.45. The molecule has 0 atom stereocenters. The topological polar surface area (TPSA) is 37.9 Å². The third-order valence-corrected chi connectivity index (χ3v) is 3.28. The van der Waals surface area contributed by atoms with Gasteiger partial charge >= 0.3 is 0 Å². The number of aromatic nitrogens is 2. The van der Waals surface area contributed by atoms with Crippen LogP contribution in [0.5, 0.6) is 5.75 Å². The summed E-state index contributed by atoms with van der Waals surface area (Å²) in [6.45, 7) is 0. The molecule has 3 rings (SSSR count). The van der Waals surface area contributed by atoms with Gasteiger partial charge in [-0.3, -0.25) is 0 Å². The van der Waals surface area contributed by atoms with E-state index in [2.05, 4.69) is 25.9 Å². The Morgan fingerprint density at radius 3 is 2.79 bits per heavy atom. The molecule has 0 unspecified atom stereocenters.